The quantitative estimate of drug-likeness (QED) is 0.226. The molecule has 0 unspecified atom stereocenters. The van der Waals surface area contributed by atoms with Gasteiger partial charge in [0.2, 0.25) is 11.8 Å². The third kappa shape index (κ3) is 3.71. The van der Waals surface area contributed by atoms with E-state index in [9.17, 15) is 27.6 Å². The Morgan fingerprint density at radius 1 is 1.23 bits per heavy atom. The Kier molecular flexibility index (Phi) is 5.26. The number of rotatable bonds is 6. The number of fused-ring (bicyclic) bond motifs is 1. The number of nitrogens with one attached hydrogen (secondary N) is 2. The molecular weight excluding hydrogens is 386 g/mol. The van der Waals surface area contributed by atoms with E-state index < -0.39 is 39.5 Å². The van der Waals surface area contributed by atoms with Crippen molar-refractivity contribution in [2.45, 2.75) is 54.7 Å². The fourth-order valence-electron chi connectivity index (χ4n) is 3.48. The lowest BCUT2D eigenvalue weighted by Gasteiger charge is -2.17. The summed E-state index contributed by atoms with van der Waals surface area (Å²) in [6.45, 7) is 0. The molecule has 26 heavy (non-hydrogen) atoms. The van der Waals surface area contributed by atoms with Gasteiger partial charge in [0.1, 0.15) is 0 Å². The predicted octanol–water partition coefficient (Wildman–Crippen LogP) is -0.746. The highest BCUT2D eigenvalue weighted by Crippen LogP contribution is 2.33. The van der Waals surface area contributed by atoms with Gasteiger partial charge in [-0.1, -0.05) is 6.42 Å². The van der Waals surface area contributed by atoms with Gasteiger partial charge < -0.3 is 10.6 Å². The first-order valence-corrected chi connectivity index (χ1v) is 10.8. The number of unbranched alkanes of at least 4 members (excludes halogenated alkanes) is 1. The van der Waals surface area contributed by atoms with Crippen molar-refractivity contribution < 1.29 is 32.1 Å². The maximum Gasteiger partial charge on any atom is 0.315 e. The second-order valence-corrected chi connectivity index (χ2v) is 9.41. The van der Waals surface area contributed by atoms with Crippen LogP contribution in [0.25, 0.3) is 0 Å². The lowest BCUT2D eigenvalue weighted by molar-refractivity contribution is -0.149. The molecule has 3 rings (SSSR count). The second kappa shape index (κ2) is 7.16. The van der Waals surface area contributed by atoms with Crippen LogP contribution in [0.5, 0.6) is 0 Å². The summed E-state index contributed by atoms with van der Waals surface area (Å²) >= 11 is 1.75. The number of nitrogens with zero attached hydrogens (tertiary/aromatic N) is 1. The monoisotopic (exact) mass is 405 g/mol. The summed E-state index contributed by atoms with van der Waals surface area (Å²) < 4.78 is 31.1. The van der Waals surface area contributed by atoms with Crippen LogP contribution < -0.4 is 10.6 Å². The molecule has 0 aromatic carbocycles. The van der Waals surface area contributed by atoms with E-state index in [-0.39, 0.29) is 29.8 Å². The molecule has 0 aliphatic carbocycles. The molecule has 3 aliphatic rings. The van der Waals surface area contributed by atoms with E-state index in [1.807, 2.05) is 0 Å². The largest absolute Gasteiger partial charge is 0.332 e. The second-order valence-electron chi connectivity index (χ2n) is 6.54. The van der Waals surface area contributed by atoms with Crippen LogP contribution in [-0.4, -0.2) is 70.0 Å². The molecule has 0 bridgehead atoms. The summed E-state index contributed by atoms with van der Waals surface area (Å²) in [4.78, 5) is 47.4. The number of likely N-dealkylation sites (tertiary alicyclic amines) is 1. The zero-order valence-electron chi connectivity index (χ0n) is 13.7. The molecule has 3 saturated heterocycles. The molecule has 5 amide bonds. The summed E-state index contributed by atoms with van der Waals surface area (Å²) in [6.07, 6.45) is 1.10. The highest BCUT2D eigenvalue weighted by Gasteiger charge is 2.48. The first-order valence-electron chi connectivity index (χ1n) is 8.23. The number of hydrogen-bond acceptors (Lipinski definition) is 7. The Balaban J connectivity index is 1.45. The molecule has 0 spiro atoms. The van der Waals surface area contributed by atoms with Crippen molar-refractivity contribution in [3.8, 4) is 0 Å². The Hall–Kier alpha value is -1.66. The van der Waals surface area contributed by atoms with E-state index in [1.54, 1.807) is 11.8 Å². The Labute approximate surface area is 154 Å². The molecule has 3 aliphatic heterocycles. The van der Waals surface area contributed by atoms with Gasteiger partial charge in [-0.15, -0.1) is 0 Å². The van der Waals surface area contributed by atoms with Crippen molar-refractivity contribution in [2.24, 2.45) is 0 Å². The van der Waals surface area contributed by atoms with Gasteiger partial charge in [0.15, 0.2) is 5.25 Å². The van der Waals surface area contributed by atoms with Crippen molar-refractivity contribution in [1.29, 1.82) is 0 Å². The minimum absolute atomic E-state index is 0.0637. The molecule has 0 radical (unpaired) electrons. The third-order valence-corrected chi connectivity index (χ3v) is 7.38. The molecule has 0 aromatic heterocycles. The molecule has 3 heterocycles. The Bertz CT molecular complexity index is 754. The number of urea groups is 1. The highest BCUT2D eigenvalue weighted by molar-refractivity contribution is 8.00. The lowest BCUT2D eigenvalue weighted by Crippen LogP contribution is -2.39. The van der Waals surface area contributed by atoms with Gasteiger partial charge >= 0.3 is 6.03 Å². The predicted molar refractivity (Wildman–Crippen MR) is 90.8 cm³/mol. The number of carbonyl (C=O) groups is 4. The summed E-state index contributed by atoms with van der Waals surface area (Å²) in [6, 6.07) is 0.0247. The molecule has 3 N–H and O–H groups in total. The number of hydrogen-bond donors (Lipinski definition) is 3. The number of amides is 5. The van der Waals surface area contributed by atoms with Crippen molar-refractivity contribution in [2.75, 3.05) is 5.75 Å². The van der Waals surface area contributed by atoms with Crippen LogP contribution in [0, 0.1) is 0 Å². The Morgan fingerprint density at radius 2 is 1.96 bits per heavy atom. The average Bonchev–Trinajstić information content (AvgIpc) is 3.16. The number of carbonyl (C=O) groups excluding carboxylic acids is 4. The van der Waals surface area contributed by atoms with E-state index in [1.165, 1.54) is 0 Å². The zero-order valence-corrected chi connectivity index (χ0v) is 15.3. The van der Waals surface area contributed by atoms with Crippen LogP contribution in [0.1, 0.15) is 32.1 Å². The van der Waals surface area contributed by atoms with Gasteiger partial charge in [-0.3, -0.25) is 18.9 Å². The third-order valence-electron chi connectivity index (χ3n) is 4.78. The Morgan fingerprint density at radius 3 is 2.62 bits per heavy atom. The molecule has 4 atom stereocenters. The normalized spacial score (nSPS) is 31.1. The van der Waals surface area contributed by atoms with Crippen LogP contribution >= 0.6 is 11.8 Å². The molecule has 3 fully saturated rings. The van der Waals surface area contributed by atoms with E-state index in [2.05, 4.69) is 10.6 Å². The molecule has 0 saturated carbocycles. The van der Waals surface area contributed by atoms with Gasteiger partial charge in [0, 0.05) is 17.4 Å². The van der Waals surface area contributed by atoms with Gasteiger partial charge in [0.05, 0.1) is 18.5 Å². The number of imide groups is 3. The molecule has 144 valence electrons. The topological polar surface area (TPSA) is 150 Å². The fourth-order valence-corrected chi connectivity index (χ4v) is 5.73. The van der Waals surface area contributed by atoms with Crippen molar-refractivity contribution >= 4 is 45.6 Å². The maximum atomic E-state index is 12.1. The standard InChI is InChI=1S/C14H19N3O7S2/c18-10(17-11(19)5-9(13(17)20)26(22,23)24)4-2-1-3-8-12-7(6-25-8)15-14(21)16-12/h7-9,12H,1-6H2,(H2,15,16,21)(H,22,23,24)/t7-,8+,9-,12+/m0/s1. The first kappa shape index (κ1) is 19.1. The van der Waals surface area contributed by atoms with E-state index >= 15 is 0 Å². The lowest BCUT2D eigenvalue weighted by atomic mass is 10.0. The zero-order chi connectivity index (χ0) is 19.1. The summed E-state index contributed by atoms with van der Waals surface area (Å²) in [5, 5.41) is 4.07. The van der Waals surface area contributed by atoms with Crippen LogP contribution in [0.15, 0.2) is 0 Å². The van der Waals surface area contributed by atoms with Crippen molar-refractivity contribution in [1.82, 2.24) is 15.5 Å². The van der Waals surface area contributed by atoms with Crippen LogP contribution in [0.3, 0.4) is 0 Å². The SMILES string of the molecule is O=C1N[C@@H]2[C@H](CS[C@@H]2CCCCC(=O)N2C(=O)C[C@H](S(=O)(=O)O)C2=O)N1. The van der Waals surface area contributed by atoms with E-state index in [0.29, 0.717) is 17.7 Å². The van der Waals surface area contributed by atoms with Crippen LogP contribution in [0.4, 0.5) is 4.79 Å². The van der Waals surface area contributed by atoms with Gasteiger partial charge in [-0.05, 0) is 12.8 Å². The van der Waals surface area contributed by atoms with E-state index in [4.69, 9.17) is 4.55 Å². The van der Waals surface area contributed by atoms with Crippen molar-refractivity contribution in [3.05, 3.63) is 0 Å². The smallest absolute Gasteiger partial charge is 0.315 e. The van der Waals surface area contributed by atoms with Gasteiger partial charge in [-0.2, -0.15) is 20.2 Å². The molecule has 0 aromatic rings. The number of thioether (sulfide) groups is 1. The summed E-state index contributed by atoms with van der Waals surface area (Å²) in [7, 11) is -4.71. The molecular formula is C14H19N3O7S2. The first-order chi connectivity index (χ1) is 12.2. The van der Waals surface area contributed by atoms with Crippen molar-refractivity contribution in [3.63, 3.8) is 0 Å². The maximum absolute atomic E-state index is 12.1. The molecule has 10 nitrogen and oxygen atoms in total. The summed E-state index contributed by atoms with van der Waals surface area (Å²) in [5.74, 6) is -2.01. The van der Waals surface area contributed by atoms with Crippen LogP contribution in [-0.2, 0) is 24.5 Å². The molecule has 12 heteroatoms. The van der Waals surface area contributed by atoms with Gasteiger partial charge in [0.25, 0.3) is 16.0 Å². The minimum Gasteiger partial charge on any atom is -0.332 e. The fraction of sp³-hybridized carbons (Fsp3) is 0.714. The highest BCUT2D eigenvalue weighted by atomic mass is 32.2. The minimum atomic E-state index is -4.71. The average molecular weight is 405 g/mol. The van der Waals surface area contributed by atoms with Crippen LogP contribution in [0.2, 0.25) is 0 Å². The van der Waals surface area contributed by atoms with E-state index in [0.717, 1.165) is 12.2 Å². The van der Waals surface area contributed by atoms with Gasteiger partial charge in [-0.25, -0.2) is 9.69 Å². The summed E-state index contributed by atoms with van der Waals surface area (Å²) in [5.41, 5.74) is 0.